The van der Waals surface area contributed by atoms with Gasteiger partial charge < -0.3 is 24.5 Å². The number of aryl methyl sites for hydroxylation is 1. The van der Waals surface area contributed by atoms with Crippen molar-refractivity contribution in [3.63, 3.8) is 0 Å². The molecule has 2 amide bonds. The van der Waals surface area contributed by atoms with Crippen molar-refractivity contribution in [3.05, 3.63) is 61.7 Å². The van der Waals surface area contributed by atoms with E-state index in [1.807, 2.05) is 0 Å². The molecule has 11 nitrogen and oxygen atoms in total. The first kappa shape index (κ1) is 30.7. The molecule has 5 heterocycles. The van der Waals surface area contributed by atoms with Crippen LogP contribution in [0.4, 0.5) is 9.18 Å². The molecule has 4 aliphatic rings. The fourth-order valence-electron chi connectivity index (χ4n) is 7.13. The number of hydrogen-bond donors (Lipinski definition) is 2. The summed E-state index contributed by atoms with van der Waals surface area (Å²) >= 11 is 1.47. The van der Waals surface area contributed by atoms with Crippen molar-refractivity contribution in [1.82, 2.24) is 19.8 Å². The van der Waals surface area contributed by atoms with Gasteiger partial charge >= 0.3 is 12.1 Å². The fraction of sp³-hybridized carbons (Fsp3) is 0.485. The van der Waals surface area contributed by atoms with E-state index in [1.165, 1.54) is 27.3 Å². The molecule has 242 valence electrons. The van der Waals surface area contributed by atoms with E-state index in [9.17, 15) is 24.3 Å². The lowest BCUT2D eigenvalue weighted by Gasteiger charge is -2.32. The molecule has 13 heteroatoms. The summed E-state index contributed by atoms with van der Waals surface area (Å²) in [5.74, 6) is -0.803. The lowest BCUT2D eigenvalue weighted by molar-refractivity contribution is -0.172. The van der Waals surface area contributed by atoms with E-state index in [0.717, 1.165) is 16.5 Å². The van der Waals surface area contributed by atoms with Gasteiger partial charge in [-0.2, -0.15) is 0 Å². The number of aliphatic hydroxyl groups is 1. The number of amides is 2. The number of nitrogens with one attached hydrogen (secondary N) is 1. The molecule has 1 aliphatic carbocycles. The molecular formula is C33H35FN4O7S. The van der Waals surface area contributed by atoms with Gasteiger partial charge in [0, 0.05) is 28.3 Å². The number of pyridine rings is 2. The molecule has 2 aromatic heterocycles. The number of esters is 1. The normalized spacial score (nSPS) is 23.1. The van der Waals surface area contributed by atoms with Crippen molar-refractivity contribution in [2.75, 3.05) is 11.6 Å². The molecule has 46 heavy (non-hydrogen) atoms. The Morgan fingerprint density at radius 1 is 1.24 bits per heavy atom. The number of ether oxygens (including phenoxy) is 2. The zero-order valence-corrected chi connectivity index (χ0v) is 27.1. The van der Waals surface area contributed by atoms with Crippen LogP contribution in [0.3, 0.4) is 0 Å². The summed E-state index contributed by atoms with van der Waals surface area (Å²) in [4.78, 5) is 59.6. The molecule has 1 aromatic carbocycles. The molecule has 3 aliphatic heterocycles. The highest BCUT2D eigenvalue weighted by Gasteiger charge is 2.46. The lowest BCUT2D eigenvalue weighted by Crippen LogP contribution is -2.49. The van der Waals surface area contributed by atoms with Gasteiger partial charge in [-0.1, -0.05) is 6.92 Å². The second kappa shape index (κ2) is 10.5. The van der Waals surface area contributed by atoms with E-state index in [-0.39, 0.29) is 36.6 Å². The first-order chi connectivity index (χ1) is 21.7. The Balaban J connectivity index is 1.35. The van der Waals surface area contributed by atoms with Crippen LogP contribution in [0.1, 0.15) is 80.0 Å². The fourth-order valence-corrected chi connectivity index (χ4v) is 8.27. The van der Waals surface area contributed by atoms with Crippen LogP contribution < -0.4 is 10.9 Å². The van der Waals surface area contributed by atoms with Crippen LogP contribution in [0.15, 0.2) is 16.9 Å². The lowest BCUT2D eigenvalue weighted by atomic mass is 9.81. The Labute approximate surface area is 268 Å². The van der Waals surface area contributed by atoms with Gasteiger partial charge in [0.15, 0.2) is 5.60 Å². The SMILES string of the molecule is CC[C@@]1(O)C(=O)OCc2c1cc1n(c2=O)Cc2c-1nc1cc(F)c(C)c3c1c2[C@@H](NC(=O)[C@H]1CSCN1C(=O)OC(C)(C)C)CC3. The van der Waals surface area contributed by atoms with Crippen molar-refractivity contribution >= 4 is 40.6 Å². The monoisotopic (exact) mass is 650 g/mol. The van der Waals surface area contributed by atoms with E-state index >= 15 is 4.39 Å². The Morgan fingerprint density at radius 3 is 2.72 bits per heavy atom. The molecule has 0 saturated carbocycles. The highest BCUT2D eigenvalue weighted by Crippen LogP contribution is 2.46. The maximum atomic E-state index is 15.2. The highest BCUT2D eigenvalue weighted by atomic mass is 32.2. The van der Waals surface area contributed by atoms with Crippen LogP contribution in [0.5, 0.6) is 0 Å². The number of aromatic nitrogens is 2. The number of benzene rings is 1. The molecule has 7 rings (SSSR count). The molecule has 3 atom stereocenters. The third-order valence-electron chi connectivity index (χ3n) is 9.51. The van der Waals surface area contributed by atoms with Gasteiger partial charge in [-0.25, -0.2) is 19.0 Å². The van der Waals surface area contributed by atoms with Gasteiger partial charge in [-0.05, 0) is 69.7 Å². The Kier molecular flexibility index (Phi) is 7.02. The Morgan fingerprint density at radius 2 is 2.00 bits per heavy atom. The molecule has 0 bridgehead atoms. The quantitative estimate of drug-likeness (QED) is 0.316. The summed E-state index contributed by atoms with van der Waals surface area (Å²) in [6.07, 6.45) is 0.420. The molecule has 0 unspecified atom stereocenters. The third-order valence-corrected chi connectivity index (χ3v) is 10.5. The summed E-state index contributed by atoms with van der Waals surface area (Å²) in [6.45, 7) is 8.57. The van der Waals surface area contributed by atoms with Crippen molar-refractivity contribution in [1.29, 1.82) is 0 Å². The molecular weight excluding hydrogens is 615 g/mol. The molecule has 0 radical (unpaired) electrons. The number of nitrogens with zero attached hydrogens (tertiary/aromatic N) is 3. The molecule has 1 saturated heterocycles. The van der Waals surface area contributed by atoms with Crippen LogP contribution in [0, 0.1) is 12.7 Å². The number of halogens is 1. The van der Waals surface area contributed by atoms with Gasteiger partial charge in [0.25, 0.3) is 5.56 Å². The largest absolute Gasteiger partial charge is 0.458 e. The number of hydrogen-bond acceptors (Lipinski definition) is 9. The number of carbonyl (C=O) groups is 3. The van der Waals surface area contributed by atoms with Crippen LogP contribution in [-0.4, -0.2) is 60.8 Å². The number of carbonyl (C=O) groups excluding carboxylic acids is 3. The van der Waals surface area contributed by atoms with Crippen LogP contribution in [-0.2, 0) is 44.2 Å². The minimum atomic E-state index is -1.98. The van der Waals surface area contributed by atoms with E-state index in [2.05, 4.69) is 5.32 Å². The molecule has 3 aromatic rings. The maximum Gasteiger partial charge on any atom is 0.411 e. The predicted octanol–water partition coefficient (Wildman–Crippen LogP) is 3.94. The van der Waals surface area contributed by atoms with Gasteiger partial charge in [0.05, 0.1) is 40.9 Å². The van der Waals surface area contributed by atoms with Crippen molar-refractivity contribution in [3.8, 4) is 11.4 Å². The summed E-state index contributed by atoms with van der Waals surface area (Å²) < 4.78 is 27.5. The smallest absolute Gasteiger partial charge is 0.411 e. The Bertz CT molecular complexity index is 1940. The highest BCUT2D eigenvalue weighted by molar-refractivity contribution is 7.99. The average Bonchev–Trinajstić information content (AvgIpc) is 3.64. The standard InChI is InChI=1S/C33H35FN4O7S/c1-6-33(43)19-9-23-27-17(11-37(23)29(40)18(19)12-44-30(33)41)26-21(8-7-16-15(2)20(34)10-22(35-27)25(16)26)36-28(39)24-13-46-14-38(24)31(42)45-32(3,4)5/h9-10,21,24,43H,6-8,11-14H2,1-5H3,(H,36,39)/t21-,24+,33-/m0/s1. The molecule has 0 spiro atoms. The van der Waals surface area contributed by atoms with Crippen molar-refractivity contribution in [2.24, 2.45) is 0 Å². The van der Waals surface area contributed by atoms with E-state index < -0.39 is 46.7 Å². The first-order valence-corrected chi connectivity index (χ1v) is 16.6. The Hall–Kier alpha value is -3.97. The minimum absolute atomic E-state index is 0.00665. The second-order valence-electron chi connectivity index (χ2n) is 13.4. The van der Waals surface area contributed by atoms with Gasteiger partial charge in [0.1, 0.15) is 24.1 Å². The van der Waals surface area contributed by atoms with Crippen LogP contribution >= 0.6 is 11.8 Å². The summed E-state index contributed by atoms with van der Waals surface area (Å²) in [5.41, 5.74) is 1.29. The minimum Gasteiger partial charge on any atom is -0.458 e. The van der Waals surface area contributed by atoms with Crippen molar-refractivity contribution < 1.29 is 33.4 Å². The number of fused-ring (bicyclic) bond motifs is 5. The van der Waals surface area contributed by atoms with E-state index in [4.69, 9.17) is 14.5 Å². The van der Waals surface area contributed by atoms with Crippen LogP contribution in [0.2, 0.25) is 0 Å². The average molecular weight is 651 g/mol. The third kappa shape index (κ3) is 4.53. The van der Waals surface area contributed by atoms with Crippen molar-refractivity contribution in [2.45, 2.75) is 90.3 Å². The number of thioether (sulfide) groups is 1. The topological polar surface area (TPSA) is 140 Å². The number of rotatable bonds is 3. The second-order valence-corrected chi connectivity index (χ2v) is 14.4. The van der Waals surface area contributed by atoms with E-state index in [1.54, 1.807) is 40.7 Å². The first-order valence-electron chi connectivity index (χ1n) is 15.4. The molecule has 1 fully saturated rings. The van der Waals surface area contributed by atoms with Crippen LogP contribution in [0.25, 0.3) is 22.3 Å². The summed E-state index contributed by atoms with van der Waals surface area (Å²) in [7, 11) is 0. The van der Waals surface area contributed by atoms with Gasteiger partial charge in [-0.3, -0.25) is 14.5 Å². The van der Waals surface area contributed by atoms with E-state index in [0.29, 0.717) is 52.5 Å². The summed E-state index contributed by atoms with van der Waals surface area (Å²) in [5, 5.41) is 15.2. The maximum absolute atomic E-state index is 15.2. The van der Waals surface area contributed by atoms with Gasteiger partial charge in [0.2, 0.25) is 5.91 Å². The van der Waals surface area contributed by atoms with Gasteiger partial charge in [-0.15, -0.1) is 11.8 Å². The molecule has 2 N–H and O–H groups in total. The summed E-state index contributed by atoms with van der Waals surface area (Å²) in [6, 6.07) is 1.75. The predicted molar refractivity (Wildman–Crippen MR) is 168 cm³/mol. The number of cyclic esters (lactones) is 1. The zero-order chi connectivity index (χ0) is 32.9. The zero-order valence-electron chi connectivity index (χ0n) is 26.3.